The number of esters is 3. The molecule has 0 saturated carbocycles. The van der Waals surface area contributed by atoms with Crippen LogP contribution in [0.4, 0.5) is 0 Å². The Kier molecular flexibility index (Phi) is 38.7. The number of rotatable bonds is 22. The number of amides is 3. The number of ether oxygens (including phenoxy) is 4. The summed E-state index contributed by atoms with van der Waals surface area (Å²) in [6.07, 6.45) is 3.56. The maximum atomic E-state index is 11.6. The average Bonchev–Trinajstić information content (AvgIpc) is 3.21. The van der Waals surface area contributed by atoms with Crippen LogP contribution in [0.15, 0.2) is 12.2 Å². The fourth-order valence-electron chi connectivity index (χ4n) is 2.70. The third kappa shape index (κ3) is 34.8. The monoisotopic (exact) mass is 864 g/mol. The summed E-state index contributed by atoms with van der Waals surface area (Å²) >= 11 is 0. The fourth-order valence-corrected chi connectivity index (χ4v) is 2.70. The minimum absolute atomic E-state index is 0.00509. The van der Waals surface area contributed by atoms with Crippen LogP contribution in [0.5, 0.6) is 0 Å². The van der Waals surface area contributed by atoms with Crippen molar-refractivity contribution in [3.63, 3.8) is 0 Å². The molecule has 0 aliphatic rings. The second-order valence-electron chi connectivity index (χ2n) is 16.4. The molecule has 3 amide bonds. The molecule has 0 aromatic carbocycles. The first-order valence-corrected chi connectivity index (χ1v) is 20.9. The van der Waals surface area contributed by atoms with E-state index in [1.807, 2.05) is 76.2 Å². The molecule has 0 spiro atoms. The number of primary amides is 1. The first-order chi connectivity index (χ1) is 27.5. The molecular weight excluding hydrogens is 778 g/mol. The standard InChI is InChI=1S/C13H22O5.C11H22N2O2.C9H18O3.C6H12O2.C5H11NO/c1-6-13(4,5)12(16)18-8-10(14)7-17-11(15)9(2)3;1-5-8(3)10(14)12-7-13-11(15)9(4)6-2;1-5-9(2,3)8(10)12-7-6-11-4;1-4-6(2,3)5(7)8;1-3-4(2)5(6)7/h10,14H,2,6-8H2,1,3-5H3;8-9H,5-7H2,1-4H3,(H,12,14)(H,13,15);5-7H2,1-4H3;4H2,1-3H3,(H,7,8);4H,3H2,1-2H3,(H2,6,7). The Hall–Kier alpha value is -4.05. The van der Waals surface area contributed by atoms with E-state index in [1.165, 1.54) is 6.92 Å². The van der Waals surface area contributed by atoms with E-state index in [1.54, 1.807) is 34.8 Å². The average molecular weight is 864 g/mol. The zero-order valence-corrected chi connectivity index (χ0v) is 40.3. The number of nitrogens with one attached hydrogen (secondary N) is 2. The molecule has 4 atom stereocenters. The second-order valence-corrected chi connectivity index (χ2v) is 16.4. The number of carbonyl (C=O) groups is 7. The van der Waals surface area contributed by atoms with Crippen molar-refractivity contribution in [2.24, 2.45) is 39.7 Å². The van der Waals surface area contributed by atoms with Gasteiger partial charge in [0.2, 0.25) is 17.7 Å². The Morgan fingerprint density at radius 3 is 1.27 bits per heavy atom. The Balaban J connectivity index is -0.000000219. The predicted molar refractivity (Wildman–Crippen MR) is 234 cm³/mol. The predicted octanol–water partition coefficient (Wildman–Crippen LogP) is 6.35. The summed E-state index contributed by atoms with van der Waals surface area (Å²) in [5.41, 5.74) is 3.68. The molecule has 0 rings (SSSR count). The molecule has 16 nitrogen and oxygen atoms in total. The lowest BCUT2D eigenvalue weighted by atomic mass is 9.91. The van der Waals surface area contributed by atoms with Crippen LogP contribution in [0.2, 0.25) is 0 Å². The first-order valence-electron chi connectivity index (χ1n) is 20.9. The molecule has 0 aromatic rings. The molecule has 4 unspecified atom stereocenters. The lowest BCUT2D eigenvalue weighted by Gasteiger charge is -2.21. The van der Waals surface area contributed by atoms with Crippen molar-refractivity contribution in [2.45, 2.75) is 155 Å². The third-order valence-corrected chi connectivity index (χ3v) is 9.76. The van der Waals surface area contributed by atoms with Crippen LogP contribution in [0.1, 0.15) is 149 Å². The van der Waals surface area contributed by atoms with Gasteiger partial charge in [-0.25, -0.2) is 4.79 Å². The van der Waals surface area contributed by atoms with Gasteiger partial charge in [-0.3, -0.25) is 28.8 Å². The fraction of sp³-hybridized carbons (Fsp3) is 0.795. The van der Waals surface area contributed by atoms with E-state index in [-0.39, 0.29) is 78.3 Å². The number of carbonyl (C=O) groups excluding carboxylic acids is 6. The summed E-state index contributed by atoms with van der Waals surface area (Å²) in [5, 5.41) is 23.3. The van der Waals surface area contributed by atoms with Crippen LogP contribution < -0.4 is 16.4 Å². The van der Waals surface area contributed by atoms with Gasteiger partial charge in [0.05, 0.1) is 29.5 Å². The van der Waals surface area contributed by atoms with Crippen LogP contribution >= 0.6 is 0 Å². The quantitative estimate of drug-likeness (QED) is 0.0262. The van der Waals surface area contributed by atoms with Crippen molar-refractivity contribution >= 4 is 41.6 Å². The van der Waals surface area contributed by atoms with Gasteiger partial charge in [0, 0.05) is 30.4 Å². The van der Waals surface area contributed by atoms with Crippen molar-refractivity contribution < 1.29 is 62.7 Å². The van der Waals surface area contributed by atoms with Gasteiger partial charge in [-0.05, 0) is 87.0 Å². The molecular formula is C44H85N3O13. The van der Waals surface area contributed by atoms with E-state index in [0.29, 0.717) is 26.1 Å². The van der Waals surface area contributed by atoms with Crippen LogP contribution in [0.25, 0.3) is 0 Å². The zero-order chi connectivity index (χ0) is 48.4. The highest BCUT2D eigenvalue weighted by atomic mass is 16.6. The number of nitrogens with two attached hydrogens (primary N) is 1. The van der Waals surface area contributed by atoms with Gasteiger partial charge in [0.1, 0.15) is 25.9 Å². The maximum absolute atomic E-state index is 11.6. The van der Waals surface area contributed by atoms with Crippen molar-refractivity contribution in [1.82, 2.24) is 10.6 Å². The number of aliphatic carboxylic acids is 1. The van der Waals surface area contributed by atoms with Crippen LogP contribution in [-0.4, -0.2) is 98.1 Å². The molecule has 6 N–H and O–H groups in total. The number of aliphatic hydroxyl groups excluding tert-OH is 1. The molecule has 0 bridgehead atoms. The lowest BCUT2D eigenvalue weighted by Crippen LogP contribution is -2.41. The van der Waals surface area contributed by atoms with E-state index in [4.69, 9.17) is 29.8 Å². The van der Waals surface area contributed by atoms with Gasteiger partial charge in [0.15, 0.2) is 0 Å². The topological polar surface area (TPSA) is 247 Å². The minimum atomic E-state index is -1.02. The summed E-state index contributed by atoms with van der Waals surface area (Å²) in [4.78, 5) is 77.0. The van der Waals surface area contributed by atoms with Gasteiger partial charge >= 0.3 is 23.9 Å². The van der Waals surface area contributed by atoms with Gasteiger partial charge in [-0.15, -0.1) is 0 Å². The van der Waals surface area contributed by atoms with Crippen molar-refractivity contribution in [3.8, 4) is 0 Å². The number of methoxy groups -OCH3 is 1. The number of carboxylic acids is 1. The van der Waals surface area contributed by atoms with Gasteiger partial charge in [-0.2, -0.15) is 0 Å². The summed E-state index contributed by atoms with van der Waals surface area (Å²) in [6, 6.07) is 0. The Bertz CT molecular complexity index is 1240. The summed E-state index contributed by atoms with van der Waals surface area (Å²) in [5.74, 6) is -2.01. The first kappa shape index (κ1) is 65.1. The number of hydrogen-bond acceptors (Lipinski definition) is 12. The highest BCUT2D eigenvalue weighted by Crippen LogP contribution is 2.22. The molecule has 60 heavy (non-hydrogen) atoms. The SMILES string of the molecule is C=C(C)C(=O)OCC(O)COC(=O)C(C)(C)CC.CCC(C)(C)C(=O)O.CCC(C)(C)C(=O)OCCOC.CCC(C)C(=O)NCNC(=O)C(C)CC.CCC(C)C(N)=O. The summed E-state index contributed by atoms with van der Waals surface area (Å²) in [7, 11) is 1.58. The molecule has 354 valence electrons. The van der Waals surface area contributed by atoms with Crippen LogP contribution in [0, 0.1) is 34.0 Å². The largest absolute Gasteiger partial charge is 0.481 e. The minimum Gasteiger partial charge on any atom is -0.481 e. The van der Waals surface area contributed by atoms with E-state index in [2.05, 4.69) is 17.2 Å². The maximum Gasteiger partial charge on any atom is 0.333 e. The molecule has 0 radical (unpaired) electrons. The second kappa shape index (κ2) is 35.7. The Morgan fingerprint density at radius 1 is 0.633 bits per heavy atom. The third-order valence-electron chi connectivity index (χ3n) is 9.76. The van der Waals surface area contributed by atoms with E-state index in [0.717, 1.165) is 25.7 Å². The van der Waals surface area contributed by atoms with E-state index >= 15 is 0 Å². The Morgan fingerprint density at radius 2 is 1.00 bits per heavy atom. The van der Waals surface area contributed by atoms with Crippen molar-refractivity contribution in [1.29, 1.82) is 0 Å². The molecule has 0 heterocycles. The molecule has 16 heteroatoms. The number of aliphatic hydroxyl groups is 1. The zero-order valence-electron chi connectivity index (χ0n) is 40.3. The van der Waals surface area contributed by atoms with Crippen molar-refractivity contribution in [2.75, 3.05) is 40.2 Å². The van der Waals surface area contributed by atoms with Crippen LogP contribution in [-0.2, 0) is 52.5 Å². The van der Waals surface area contributed by atoms with E-state index in [9.17, 15) is 38.7 Å². The smallest absolute Gasteiger partial charge is 0.333 e. The Labute approximate surface area is 361 Å². The summed E-state index contributed by atoms with van der Waals surface area (Å²) < 4.78 is 19.4. The normalized spacial score (nSPS) is 12.7. The van der Waals surface area contributed by atoms with Gasteiger partial charge in [0.25, 0.3) is 0 Å². The highest BCUT2D eigenvalue weighted by molar-refractivity contribution is 5.87. The van der Waals surface area contributed by atoms with Crippen molar-refractivity contribution in [3.05, 3.63) is 12.2 Å². The lowest BCUT2D eigenvalue weighted by molar-refractivity contribution is -0.159. The van der Waals surface area contributed by atoms with Gasteiger partial charge < -0.3 is 45.5 Å². The molecule has 0 aromatic heterocycles. The molecule has 0 fully saturated rings. The van der Waals surface area contributed by atoms with Gasteiger partial charge in [-0.1, -0.05) is 68.9 Å². The summed E-state index contributed by atoms with van der Waals surface area (Å²) in [6.45, 7) is 33.4. The number of carboxylic acid groups (broad SMARTS) is 1. The van der Waals surface area contributed by atoms with E-state index < -0.39 is 28.9 Å². The van der Waals surface area contributed by atoms with Crippen LogP contribution in [0.3, 0.4) is 0 Å². The molecule has 0 saturated heterocycles. The highest BCUT2D eigenvalue weighted by Gasteiger charge is 2.28. The molecule has 0 aliphatic heterocycles. The number of hydrogen-bond donors (Lipinski definition) is 5. The molecule has 0 aliphatic carbocycles.